The van der Waals surface area contributed by atoms with Crippen molar-refractivity contribution in [2.24, 2.45) is 0 Å². The summed E-state index contributed by atoms with van der Waals surface area (Å²) in [6, 6.07) is 5.92. The Morgan fingerprint density at radius 3 is 2.45 bits per heavy atom. The van der Waals surface area contributed by atoms with Gasteiger partial charge < -0.3 is 19.9 Å². The predicted molar refractivity (Wildman–Crippen MR) is 77.8 cm³/mol. The molecular formula is C15H19NO6. The fourth-order valence-corrected chi connectivity index (χ4v) is 1.69. The van der Waals surface area contributed by atoms with Gasteiger partial charge in [-0.1, -0.05) is 12.1 Å². The van der Waals surface area contributed by atoms with Gasteiger partial charge in [-0.05, 0) is 26.0 Å². The molecule has 22 heavy (non-hydrogen) atoms. The predicted octanol–water partition coefficient (Wildman–Crippen LogP) is 1.08. The van der Waals surface area contributed by atoms with Crippen LogP contribution < -0.4 is 5.32 Å². The van der Waals surface area contributed by atoms with Crippen molar-refractivity contribution in [3.8, 4) is 0 Å². The van der Waals surface area contributed by atoms with Gasteiger partial charge in [0.1, 0.15) is 0 Å². The zero-order valence-electron chi connectivity index (χ0n) is 12.5. The molecule has 2 N–H and O–H groups in total. The molecule has 0 saturated carbocycles. The summed E-state index contributed by atoms with van der Waals surface area (Å²) < 4.78 is 9.99. The number of rotatable bonds is 8. The van der Waals surface area contributed by atoms with Gasteiger partial charge in [0.05, 0.1) is 24.3 Å². The molecule has 0 bridgehead atoms. The molecule has 1 aromatic rings. The van der Waals surface area contributed by atoms with E-state index in [0.717, 1.165) is 0 Å². The zero-order chi connectivity index (χ0) is 16.5. The average Bonchev–Trinajstić information content (AvgIpc) is 2.51. The molecule has 0 heterocycles. The van der Waals surface area contributed by atoms with E-state index in [2.05, 4.69) is 5.32 Å². The Bertz CT molecular complexity index is 543. The smallest absolute Gasteiger partial charge is 0.336 e. The number of nitrogens with one attached hydrogen (secondary N) is 1. The molecule has 0 unspecified atom stereocenters. The highest BCUT2D eigenvalue weighted by Crippen LogP contribution is 2.08. The maximum atomic E-state index is 11.9. The fourth-order valence-electron chi connectivity index (χ4n) is 1.69. The molecule has 7 heteroatoms. The Morgan fingerprint density at radius 2 is 1.86 bits per heavy atom. The highest BCUT2D eigenvalue weighted by atomic mass is 16.6. The molecule has 7 nitrogen and oxygen atoms in total. The Hall–Kier alpha value is -2.41. The lowest BCUT2D eigenvalue weighted by atomic mass is 10.1. The lowest BCUT2D eigenvalue weighted by molar-refractivity contribution is -0.155. The number of benzene rings is 1. The van der Waals surface area contributed by atoms with Crippen LogP contribution >= 0.6 is 0 Å². The summed E-state index contributed by atoms with van der Waals surface area (Å²) in [6.07, 6.45) is -0.719. The highest BCUT2D eigenvalue weighted by molar-refractivity contribution is 6.04. The first kappa shape index (κ1) is 17.6. The number of aromatic carboxylic acids is 1. The van der Waals surface area contributed by atoms with Gasteiger partial charge in [0.15, 0.2) is 6.10 Å². The van der Waals surface area contributed by atoms with Crippen molar-refractivity contribution in [2.45, 2.75) is 20.0 Å². The van der Waals surface area contributed by atoms with Crippen LogP contribution in [0, 0.1) is 0 Å². The first-order valence-electron chi connectivity index (χ1n) is 6.86. The Labute approximate surface area is 128 Å². The lowest BCUT2D eigenvalue weighted by Crippen LogP contribution is -2.31. The topological polar surface area (TPSA) is 102 Å². The Kier molecular flexibility index (Phi) is 7.04. The third-order valence-corrected chi connectivity index (χ3v) is 2.78. The molecule has 0 aliphatic carbocycles. The number of carbonyl (C=O) groups excluding carboxylic acids is 2. The quantitative estimate of drug-likeness (QED) is 0.550. The molecule has 120 valence electrons. The van der Waals surface area contributed by atoms with Crippen LogP contribution in [0.4, 0.5) is 0 Å². The van der Waals surface area contributed by atoms with Crippen molar-refractivity contribution in [3.05, 3.63) is 35.4 Å². The van der Waals surface area contributed by atoms with Crippen LogP contribution in [-0.2, 0) is 14.3 Å². The second-order valence-electron chi connectivity index (χ2n) is 4.37. The van der Waals surface area contributed by atoms with Gasteiger partial charge in [-0.3, -0.25) is 4.79 Å². The van der Waals surface area contributed by atoms with E-state index >= 15 is 0 Å². The molecule has 1 atom stereocenters. The standard InChI is InChI=1S/C15H19NO6/c1-3-21-15(20)10(2)22-9-8-16-13(17)11-6-4-5-7-12(11)14(18)19/h4-7,10H,3,8-9H2,1-2H3,(H,16,17)(H,18,19)/t10-/m1/s1. The van der Waals surface area contributed by atoms with Crippen LogP contribution in [0.1, 0.15) is 34.6 Å². The minimum atomic E-state index is -1.17. The van der Waals surface area contributed by atoms with Crippen LogP contribution in [0.2, 0.25) is 0 Å². The number of hydrogen-bond donors (Lipinski definition) is 2. The number of hydrogen-bond acceptors (Lipinski definition) is 5. The highest BCUT2D eigenvalue weighted by Gasteiger charge is 2.16. The molecule has 0 spiro atoms. The third kappa shape index (κ3) is 5.17. The molecule has 1 rings (SSSR count). The van der Waals surface area contributed by atoms with Crippen molar-refractivity contribution < 1.29 is 29.0 Å². The second-order valence-corrected chi connectivity index (χ2v) is 4.37. The fraction of sp³-hybridized carbons (Fsp3) is 0.400. The summed E-state index contributed by atoms with van der Waals surface area (Å²) >= 11 is 0. The lowest BCUT2D eigenvalue weighted by Gasteiger charge is -2.12. The van der Waals surface area contributed by atoms with E-state index in [-0.39, 0.29) is 30.9 Å². The van der Waals surface area contributed by atoms with Crippen LogP contribution in [0.15, 0.2) is 24.3 Å². The summed E-state index contributed by atoms with van der Waals surface area (Å²) in [5.74, 6) is -2.15. The van der Waals surface area contributed by atoms with E-state index in [4.69, 9.17) is 14.6 Å². The van der Waals surface area contributed by atoms with Gasteiger partial charge >= 0.3 is 11.9 Å². The Morgan fingerprint density at radius 1 is 1.23 bits per heavy atom. The van der Waals surface area contributed by atoms with Gasteiger partial charge in [0.2, 0.25) is 0 Å². The molecule has 1 amide bonds. The molecule has 0 saturated heterocycles. The number of amides is 1. The molecule has 0 aromatic heterocycles. The minimum Gasteiger partial charge on any atom is -0.478 e. The molecule has 0 radical (unpaired) electrons. The van der Waals surface area contributed by atoms with Crippen molar-refractivity contribution in [2.75, 3.05) is 19.8 Å². The van der Waals surface area contributed by atoms with Crippen LogP contribution in [-0.4, -0.2) is 48.8 Å². The van der Waals surface area contributed by atoms with E-state index < -0.39 is 23.9 Å². The zero-order valence-corrected chi connectivity index (χ0v) is 12.5. The first-order valence-corrected chi connectivity index (χ1v) is 6.86. The van der Waals surface area contributed by atoms with Crippen LogP contribution in [0.25, 0.3) is 0 Å². The summed E-state index contributed by atoms with van der Waals surface area (Å²) in [5.41, 5.74) is 0.00857. The number of esters is 1. The van der Waals surface area contributed by atoms with Crippen molar-refractivity contribution >= 4 is 17.8 Å². The van der Waals surface area contributed by atoms with E-state index in [9.17, 15) is 14.4 Å². The van der Waals surface area contributed by atoms with Gasteiger partial charge in [0.25, 0.3) is 5.91 Å². The first-order chi connectivity index (χ1) is 10.5. The maximum absolute atomic E-state index is 11.9. The minimum absolute atomic E-state index is 0.0687. The van der Waals surface area contributed by atoms with Crippen molar-refractivity contribution in [3.63, 3.8) is 0 Å². The largest absolute Gasteiger partial charge is 0.478 e. The van der Waals surface area contributed by atoms with E-state index in [1.807, 2.05) is 0 Å². The maximum Gasteiger partial charge on any atom is 0.336 e. The van der Waals surface area contributed by atoms with Gasteiger partial charge in [-0.2, -0.15) is 0 Å². The number of carboxylic acid groups (broad SMARTS) is 1. The summed E-state index contributed by atoms with van der Waals surface area (Å²) in [6.45, 7) is 3.79. The van der Waals surface area contributed by atoms with E-state index in [1.54, 1.807) is 26.0 Å². The average molecular weight is 309 g/mol. The van der Waals surface area contributed by atoms with E-state index in [1.165, 1.54) is 12.1 Å². The van der Waals surface area contributed by atoms with Gasteiger partial charge in [0, 0.05) is 6.54 Å². The van der Waals surface area contributed by atoms with Crippen molar-refractivity contribution in [1.82, 2.24) is 5.32 Å². The number of carboxylic acids is 1. The second kappa shape index (κ2) is 8.78. The molecule has 0 fully saturated rings. The normalized spacial score (nSPS) is 11.5. The Balaban J connectivity index is 2.44. The number of ether oxygens (including phenoxy) is 2. The van der Waals surface area contributed by atoms with E-state index in [0.29, 0.717) is 0 Å². The summed E-state index contributed by atoms with van der Waals surface area (Å²) in [7, 11) is 0. The molecule has 0 aliphatic heterocycles. The van der Waals surface area contributed by atoms with Gasteiger partial charge in [-0.15, -0.1) is 0 Å². The molecule has 0 aliphatic rings. The monoisotopic (exact) mass is 309 g/mol. The summed E-state index contributed by atoms with van der Waals surface area (Å²) in [4.78, 5) is 34.3. The van der Waals surface area contributed by atoms with Crippen LogP contribution in [0.5, 0.6) is 0 Å². The SMILES string of the molecule is CCOC(=O)[C@@H](C)OCCNC(=O)c1ccccc1C(=O)O. The van der Waals surface area contributed by atoms with Gasteiger partial charge in [-0.25, -0.2) is 9.59 Å². The van der Waals surface area contributed by atoms with Crippen molar-refractivity contribution in [1.29, 1.82) is 0 Å². The summed E-state index contributed by atoms with van der Waals surface area (Å²) in [5, 5.41) is 11.6. The third-order valence-electron chi connectivity index (χ3n) is 2.78. The molecule has 1 aromatic carbocycles. The number of carbonyl (C=O) groups is 3. The van der Waals surface area contributed by atoms with Crippen LogP contribution in [0.3, 0.4) is 0 Å². The molecular weight excluding hydrogens is 290 g/mol.